The molecule has 0 saturated heterocycles. The van der Waals surface area contributed by atoms with Gasteiger partial charge in [0, 0.05) is 12.5 Å². The van der Waals surface area contributed by atoms with Crippen molar-refractivity contribution in [2.75, 3.05) is 13.1 Å². The van der Waals surface area contributed by atoms with Gasteiger partial charge in [-0.3, -0.25) is 4.79 Å². The summed E-state index contributed by atoms with van der Waals surface area (Å²) < 4.78 is 0. The number of ketones is 1. The van der Waals surface area contributed by atoms with E-state index in [9.17, 15) is 4.79 Å². The van der Waals surface area contributed by atoms with Crippen LogP contribution in [-0.4, -0.2) is 18.9 Å². The second kappa shape index (κ2) is 4.47. The zero-order valence-electron chi connectivity index (χ0n) is 5.76. The average molecular weight is 130 g/mol. The molecule has 0 saturated carbocycles. The zero-order chi connectivity index (χ0) is 7.28. The van der Waals surface area contributed by atoms with Crippen LogP contribution in [0.1, 0.15) is 13.3 Å². The fraction of sp³-hybridized carbons (Fsp3) is 0.833. The Morgan fingerprint density at radius 2 is 2.11 bits per heavy atom. The predicted molar refractivity (Wildman–Crippen MR) is 36.9 cm³/mol. The maximum Gasteiger partial charge on any atom is 0.134 e. The van der Waals surface area contributed by atoms with Crippen molar-refractivity contribution in [3.63, 3.8) is 0 Å². The lowest BCUT2D eigenvalue weighted by Crippen LogP contribution is -2.24. The van der Waals surface area contributed by atoms with Gasteiger partial charge in [0.1, 0.15) is 5.78 Å². The first-order chi connectivity index (χ1) is 4.22. The predicted octanol–water partition coefficient (Wildman–Crippen LogP) is -0.501. The SMILES string of the molecule is CC(=O)[C@@H](CN)CCN. The molecular weight excluding hydrogens is 116 g/mol. The van der Waals surface area contributed by atoms with Gasteiger partial charge in [-0.25, -0.2) is 0 Å². The molecule has 0 aromatic heterocycles. The lowest BCUT2D eigenvalue weighted by atomic mass is 10.0. The third-order valence-corrected chi connectivity index (χ3v) is 1.37. The Hall–Kier alpha value is -0.410. The molecule has 0 rings (SSSR count). The van der Waals surface area contributed by atoms with Crippen molar-refractivity contribution in [3.8, 4) is 0 Å². The third-order valence-electron chi connectivity index (χ3n) is 1.37. The maximum absolute atomic E-state index is 10.6. The highest BCUT2D eigenvalue weighted by molar-refractivity contribution is 5.78. The molecule has 0 aliphatic heterocycles. The highest BCUT2D eigenvalue weighted by atomic mass is 16.1. The molecule has 0 unspecified atom stereocenters. The van der Waals surface area contributed by atoms with Crippen molar-refractivity contribution < 1.29 is 4.79 Å². The van der Waals surface area contributed by atoms with Crippen molar-refractivity contribution >= 4 is 5.78 Å². The van der Waals surface area contributed by atoms with Crippen LogP contribution < -0.4 is 11.5 Å². The fourth-order valence-electron chi connectivity index (χ4n) is 0.688. The van der Waals surface area contributed by atoms with Gasteiger partial charge in [0.25, 0.3) is 0 Å². The number of nitrogens with two attached hydrogens (primary N) is 2. The quantitative estimate of drug-likeness (QED) is 0.539. The highest BCUT2D eigenvalue weighted by Crippen LogP contribution is 1.99. The molecule has 0 aromatic rings. The standard InChI is InChI=1S/C6H14N2O/c1-5(9)6(4-8)2-3-7/h6H,2-4,7-8H2,1H3/t6-/m1/s1. The molecule has 0 fully saturated rings. The van der Waals surface area contributed by atoms with E-state index in [4.69, 9.17) is 11.5 Å². The van der Waals surface area contributed by atoms with Crippen LogP contribution in [0.2, 0.25) is 0 Å². The van der Waals surface area contributed by atoms with Crippen LogP contribution in [0, 0.1) is 5.92 Å². The summed E-state index contributed by atoms with van der Waals surface area (Å²) in [7, 11) is 0. The minimum absolute atomic E-state index is 0.0185. The number of hydrogen-bond donors (Lipinski definition) is 2. The molecule has 0 aliphatic carbocycles. The summed E-state index contributed by atoms with van der Waals surface area (Å²) in [5.41, 5.74) is 10.5. The molecule has 0 bridgehead atoms. The lowest BCUT2D eigenvalue weighted by Gasteiger charge is -2.07. The van der Waals surface area contributed by atoms with Gasteiger partial charge in [0.05, 0.1) is 0 Å². The molecule has 4 N–H and O–H groups in total. The Labute approximate surface area is 55.4 Å². The van der Waals surface area contributed by atoms with E-state index >= 15 is 0 Å². The van der Waals surface area contributed by atoms with Gasteiger partial charge >= 0.3 is 0 Å². The second-order valence-corrected chi connectivity index (χ2v) is 2.12. The van der Waals surface area contributed by atoms with Crippen LogP contribution in [0.15, 0.2) is 0 Å². The van der Waals surface area contributed by atoms with Gasteiger partial charge in [-0.2, -0.15) is 0 Å². The van der Waals surface area contributed by atoms with Crippen LogP contribution in [0.4, 0.5) is 0 Å². The summed E-state index contributed by atoms with van der Waals surface area (Å²) in [6.45, 7) is 2.52. The van der Waals surface area contributed by atoms with E-state index < -0.39 is 0 Å². The summed E-state index contributed by atoms with van der Waals surface area (Å²) in [6, 6.07) is 0. The van der Waals surface area contributed by atoms with E-state index in [1.165, 1.54) is 0 Å². The van der Waals surface area contributed by atoms with Gasteiger partial charge in [-0.1, -0.05) is 0 Å². The Morgan fingerprint density at radius 3 is 2.22 bits per heavy atom. The van der Waals surface area contributed by atoms with E-state index in [2.05, 4.69) is 0 Å². The van der Waals surface area contributed by atoms with Crippen LogP contribution in [0.25, 0.3) is 0 Å². The van der Waals surface area contributed by atoms with Gasteiger partial charge < -0.3 is 11.5 Å². The van der Waals surface area contributed by atoms with Crippen molar-refractivity contribution in [1.82, 2.24) is 0 Å². The van der Waals surface area contributed by atoms with E-state index in [0.717, 1.165) is 0 Å². The van der Waals surface area contributed by atoms with Gasteiger partial charge in [0.2, 0.25) is 0 Å². The van der Waals surface area contributed by atoms with E-state index in [1.807, 2.05) is 0 Å². The average Bonchev–Trinajstić information content (AvgIpc) is 1.82. The molecule has 0 spiro atoms. The van der Waals surface area contributed by atoms with Crippen LogP contribution in [0.5, 0.6) is 0 Å². The topological polar surface area (TPSA) is 69.1 Å². The van der Waals surface area contributed by atoms with Gasteiger partial charge in [-0.15, -0.1) is 0 Å². The maximum atomic E-state index is 10.6. The van der Waals surface area contributed by atoms with Crippen molar-refractivity contribution in [2.45, 2.75) is 13.3 Å². The summed E-state index contributed by atoms with van der Waals surface area (Å²) in [5.74, 6) is 0.123. The zero-order valence-corrected chi connectivity index (χ0v) is 5.76. The van der Waals surface area contributed by atoms with Crippen molar-refractivity contribution in [1.29, 1.82) is 0 Å². The largest absolute Gasteiger partial charge is 0.330 e. The Morgan fingerprint density at radius 1 is 1.56 bits per heavy atom. The Balaban J connectivity index is 3.54. The van der Waals surface area contributed by atoms with Crippen LogP contribution in [0.3, 0.4) is 0 Å². The van der Waals surface area contributed by atoms with Crippen LogP contribution in [-0.2, 0) is 4.79 Å². The summed E-state index contributed by atoms with van der Waals surface area (Å²) >= 11 is 0. The van der Waals surface area contributed by atoms with Crippen molar-refractivity contribution in [3.05, 3.63) is 0 Å². The first-order valence-corrected chi connectivity index (χ1v) is 3.13. The number of carbonyl (C=O) groups is 1. The van der Waals surface area contributed by atoms with Gasteiger partial charge in [-0.05, 0) is 19.9 Å². The Kier molecular flexibility index (Phi) is 4.26. The molecule has 9 heavy (non-hydrogen) atoms. The summed E-state index contributed by atoms with van der Waals surface area (Å²) in [6.07, 6.45) is 0.714. The molecule has 3 heteroatoms. The molecule has 0 radical (unpaired) electrons. The van der Waals surface area contributed by atoms with Crippen LogP contribution >= 0.6 is 0 Å². The molecule has 0 amide bonds. The molecule has 0 aliphatic rings. The van der Waals surface area contributed by atoms with E-state index in [0.29, 0.717) is 19.5 Å². The van der Waals surface area contributed by atoms with Gasteiger partial charge in [0.15, 0.2) is 0 Å². The van der Waals surface area contributed by atoms with Crippen molar-refractivity contribution in [2.24, 2.45) is 17.4 Å². The molecule has 1 atom stereocenters. The Bertz CT molecular complexity index is 93.1. The number of hydrogen-bond acceptors (Lipinski definition) is 3. The normalized spacial score (nSPS) is 13.2. The first-order valence-electron chi connectivity index (χ1n) is 3.13. The number of carbonyl (C=O) groups excluding carboxylic acids is 1. The second-order valence-electron chi connectivity index (χ2n) is 2.12. The minimum atomic E-state index is -0.0185. The summed E-state index contributed by atoms with van der Waals surface area (Å²) in [5, 5.41) is 0. The smallest absolute Gasteiger partial charge is 0.134 e. The van der Waals surface area contributed by atoms with E-state index in [-0.39, 0.29) is 11.7 Å². The molecule has 54 valence electrons. The highest BCUT2D eigenvalue weighted by Gasteiger charge is 2.09. The molecular formula is C6H14N2O. The lowest BCUT2D eigenvalue weighted by molar-refractivity contribution is -0.120. The molecule has 3 nitrogen and oxygen atoms in total. The molecule has 0 aromatic carbocycles. The number of Topliss-reactive ketones (excluding diaryl/α,β-unsaturated/α-hetero) is 1. The first kappa shape index (κ1) is 8.59. The minimum Gasteiger partial charge on any atom is -0.330 e. The third kappa shape index (κ3) is 3.21. The summed E-state index contributed by atoms with van der Waals surface area (Å²) in [4.78, 5) is 10.6. The number of rotatable bonds is 4. The molecule has 0 heterocycles. The monoisotopic (exact) mass is 130 g/mol. The van der Waals surface area contributed by atoms with E-state index in [1.54, 1.807) is 6.92 Å². The fourth-order valence-corrected chi connectivity index (χ4v) is 0.688.